The van der Waals surface area contributed by atoms with Crippen molar-refractivity contribution >= 4 is 22.6 Å². The summed E-state index contributed by atoms with van der Waals surface area (Å²) in [5.74, 6) is 0.209. The van der Waals surface area contributed by atoms with Gasteiger partial charge in [-0.15, -0.1) is 0 Å². The summed E-state index contributed by atoms with van der Waals surface area (Å²) in [4.78, 5) is 23.8. The number of alkyl halides is 3. The molecule has 1 aliphatic rings. The van der Waals surface area contributed by atoms with Gasteiger partial charge in [-0.25, -0.2) is 4.98 Å². The number of aromatic nitrogens is 4. The SMILES string of the molecule is Cc1cc2cc(C(=O)N(Cc3ccc(C(F)(F)F)cn3)[C@@H]3CCc4cn[nH]c4C3)ccc2nc1N. The first kappa shape index (κ1) is 22.8. The maximum atomic E-state index is 13.8. The second kappa shape index (κ2) is 8.68. The number of amides is 1. The number of H-pyrrole nitrogens is 1. The molecule has 0 aliphatic heterocycles. The molecule has 1 amide bonds. The van der Waals surface area contributed by atoms with Gasteiger partial charge in [-0.05, 0) is 67.3 Å². The number of pyridine rings is 2. The number of anilines is 1. The number of aromatic amines is 1. The summed E-state index contributed by atoms with van der Waals surface area (Å²) in [5.41, 5.74) is 9.51. The van der Waals surface area contributed by atoms with E-state index in [2.05, 4.69) is 20.2 Å². The summed E-state index contributed by atoms with van der Waals surface area (Å²) in [7, 11) is 0. The van der Waals surface area contributed by atoms with Crippen molar-refractivity contribution in [3.05, 3.63) is 82.4 Å². The van der Waals surface area contributed by atoms with Crippen LogP contribution < -0.4 is 5.73 Å². The molecule has 10 heteroatoms. The van der Waals surface area contributed by atoms with Gasteiger partial charge in [0.2, 0.25) is 0 Å². The molecular formula is C25H23F3N6O. The number of fused-ring (bicyclic) bond motifs is 2. The van der Waals surface area contributed by atoms with Crippen LogP contribution in [-0.2, 0) is 25.6 Å². The molecule has 7 nitrogen and oxygen atoms in total. The van der Waals surface area contributed by atoms with E-state index in [0.29, 0.717) is 35.4 Å². The smallest absolute Gasteiger partial charge is 0.383 e. The number of carbonyl (C=O) groups excluding carboxylic acids is 1. The summed E-state index contributed by atoms with van der Waals surface area (Å²) in [5, 5.41) is 7.89. The number of nitrogens with two attached hydrogens (primary N) is 1. The molecule has 1 aliphatic carbocycles. The monoisotopic (exact) mass is 480 g/mol. The molecule has 180 valence electrons. The lowest BCUT2D eigenvalue weighted by Crippen LogP contribution is -2.43. The molecule has 0 saturated heterocycles. The van der Waals surface area contributed by atoms with E-state index < -0.39 is 11.7 Å². The Morgan fingerprint density at radius 2 is 2.03 bits per heavy atom. The fourth-order valence-electron chi connectivity index (χ4n) is 4.48. The molecule has 4 aromatic rings. The van der Waals surface area contributed by atoms with Gasteiger partial charge in [-0.2, -0.15) is 18.3 Å². The molecule has 35 heavy (non-hydrogen) atoms. The van der Waals surface area contributed by atoms with Crippen LogP contribution in [0.25, 0.3) is 10.9 Å². The fraction of sp³-hybridized carbons (Fsp3) is 0.280. The van der Waals surface area contributed by atoms with Crippen LogP contribution in [-0.4, -0.2) is 37.0 Å². The Hall–Kier alpha value is -3.95. The van der Waals surface area contributed by atoms with Crippen LogP contribution in [0.4, 0.5) is 19.0 Å². The Bertz CT molecular complexity index is 1400. The molecule has 3 N–H and O–H groups in total. The van der Waals surface area contributed by atoms with E-state index in [-0.39, 0.29) is 18.5 Å². The third-order valence-corrected chi connectivity index (χ3v) is 6.47. The number of aryl methyl sites for hydroxylation is 2. The van der Waals surface area contributed by atoms with Crippen molar-refractivity contribution < 1.29 is 18.0 Å². The number of benzene rings is 1. The minimum atomic E-state index is -4.47. The zero-order valence-corrected chi connectivity index (χ0v) is 18.9. The van der Waals surface area contributed by atoms with Gasteiger partial charge < -0.3 is 10.6 Å². The van der Waals surface area contributed by atoms with Crippen LogP contribution in [0.15, 0.2) is 48.8 Å². The van der Waals surface area contributed by atoms with Crippen molar-refractivity contribution in [1.82, 2.24) is 25.1 Å². The van der Waals surface area contributed by atoms with Crippen LogP contribution >= 0.6 is 0 Å². The van der Waals surface area contributed by atoms with Gasteiger partial charge in [0, 0.05) is 35.3 Å². The Balaban J connectivity index is 1.48. The van der Waals surface area contributed by atoms with Crippen molar-refractivity contribution in [2.75, 3.05) is 5.73 Å². The van der Waals surface area contributed by atoms with Crippen molar-refractivity contribution in [2.24, 2.45) is 0 Å². The Labute approximate surface area is 199 Å². The standard InChI is InChI=1S/C25H23F3N6O/c1-14-8-17-9-15(3-7-21(17)32-23(14)29)24(35)34(20-6-2-16-11-31-33-22(16)10-20)13-19-5-4-18(12-30-19)25(26,27)28/h3-5,7-9,11-12,20H,2,6,10,13H2,1H3,(H2,29,32)(H,31,33)/t20-/m1/s1. The Morgan fingerprint density at radius 3 is 2.77 bits per heavy atom. The molecule has 0 unspecified atom stereocenters. The third kappa shape index (κ3) is 4.55. The van der Waals surface area contributed by atoms with Crippen molar-refractivity contribution in [3.63, 3.8) is 0 Å². The second-order valence-corrected chi connectivity index (χ2v) is 8.84. The number of halogens is 3. The average Bonchev–Trinajstić information content (AvgIpc) is 3.30. The molecule has 5 rings (SSSR count). The van der Waals surface area contributed by atoms with E-state index in [1.54, 1.807) is 29.3 Å². The first-order chi connectivity index (χ1) is 16.7. The topological polar surface area (TPSA) is 101 Å². The molecule has 1 aromatic carbocycles. The van der Waals surface area contributed by atoms with E-state index in [1.807, 2.05) is 13.0 Å². The first-order valence-electron chi connectivity index (χ1n) is 11.2. The molecule has 0 spiro atoms. The van der Waals surface area contributed by atoms with Crippen molar-refractivity contribution in [2.45, 2.75) is 44.9 Å². The van der Waals surface area contributed by atoms with Gasteiger partial charge in [0.25, 0.3) is 5.91 Å². The summed E-state index contributed by atoms with van der Waals surface area (Å²) in [6.45, 7) is 1.94. The minimum absolute atomic E-state index is 0.0855. The average molecular weight is 480 g/mol. The van der Waals surface area contributed by atoms with Gasteiger partial charge in [-0.3, -0.25) is 14.9 Å². The molecule has 3 heterocycles. The van der Waals surface area contributed by atoms with E-state index >= 15 is 0 Å². The highest BCUT2D eigenvalue weighted by Crippen LogP contribution is 2.30. The number of nitrogens with one attached hydrogen (secondary N) is 1. The Kier molecular flexibility index (Phi) is 5.66. The maximum absolute atomic E-state index is 13.8. The third-order valence-electron chi connectivity index (χ3n) is 6.47. The van der Waals surface area contributed by atoms with Crippen molar-refractivity contribution in [3.8, 4) is 0 Å². The number of nitrogens with zero attached hydrogens (tertiary/aromatic N) is 4. The van der Waals surface area contributed by atoms with Gasteiger partial charge in [0.15, 0.2) is 0 Å². The van der Waals surface area contributed by atoms with Gasteiger partial charge >= 0.3 is 6.18 Å². The summed E-state index contributed by atoms with van der Waals surface area (Å²) in [6, 6.07) is 9.26. The predicted octanol–water partition coefficient (Wildman–Crippen LogP) is 4.46. The van der Waals surface area contributed by atoms with Crippen LogP contribution in [0, 0.1) is 6.92 Å². The second-order valence-electron chi connectivity index (χ2n) is 8.84. The van der Waals surface area contributed by atoms with Crippen LogP contribution in [0.3, 0.4) is 0 Å². The lowest BCUT2D eigenvalue weighted by atomic mass is 9.92. The molecule has 0 saturated carbocycles. The van der Waals surface area contributed by atoms with Crippen LogP contribution in [0.5, 0.6) is 0 Å². The lowest BCUT2D eigenvalue weighted by Gasteiger charge is -2.34. The number of hydrogen-bond donors (Lipinski definition) is 2. The van der Waals surface area contributed by atoms with Gasteiger partial charge in [0.1, 0.15) is 5.82 Å². The summed E-state index contributed by atoms with van der Waals surface area (Å²) in [6.07, 6.45) is 0.166. The van der Waals surface area contributed by atoms with Gasteiger partial charge in [0.05, 0.1) is 29.5 Å². The van der Waals surface area contributed by atoms with E-state index in [4.69, 9.17) is 5.73 Å². The molecule has 0 bridgehead atoms. The first-order valence-corrected chi connectivity index (χ1v) is 11.2. The Morgan fingerprint density at radius 1 is 1.20 bits per heavy atom. The normalized spacial score (nSPS) is 15.7. The number of carbonyl (C=O) groups is 1. The summed E-state index contributed by atoms with van der Waals surface area (Å²) >= 11 is 0. The highest BCUT2D eigenvalue weighted by Gasteiger charge is 2.32. The maximum Gasteiger partial charge on any atom is 0.417 e. The minimum Gasteiger partial charge on any atom is -0.383 e. The van der Waals surface area contributed by atoms with Crippen molar-refractivity contribution in [1.29, 1.82) is 0 Å². The fourth-order valence-corrected chi connectivity index (χ4v) is 4.48. The summed E-state index contributed by atoms with van der Waals surface area (Å²) < 4.78 is 39.0. The highest BCUT2D eigenvalue weighted by molar-refractivity contribution is 5.98. The van der Waals surface area contributed by atoms with Gasteiger partial charge in [-0.1, -0.05) is 0 Å². The number of nitrogen functional groups attached to an aromatic ring is 1. The highest BCUT2D eigenvalue weighted by atomic mass is 19.4. The zero-order valence-electron chi connectivity index (χ0n) is 18.9. The molecule has 0 fully saturated rings. The number of hydrogen-bond acceptors (Lipinski definition) is 5. The van der Waals surface area contributed by atoms with E-state index in [1.165, 1.54) is 6.07 Å². The largest absolute Gasteiger partial charge is 0.417 e. The predicted molar refractivity (Wildman–Crippen MR) is 124 cm³/mol. The number of rotatable bonds is 4. The molecular weight excluding hydrogens is 457 g/mol. The quantitative estimate of drug-likeness (QED) is 0.449. The molecule has 1 atom stereocenters. The zero-order chi connectivity index (χ0) is 24.7. The molecule has 3 aromatic heterocycles. The van der Waals surface area contributed by atoms with Crippen LogP contribution in [0.1, 0.15) is 44.9 Å². The van der Waals surface area contributed by atoms with E-state index in [9.17, 15) is 18.0 Å². The van der Waals surface area contributed by atoms with Crippen LogP contribution in [0.2, 0.25) is 0 Å². The molecule has 0 radical (unpaired) electrons. The van der Waals surface area contributed by atoms with E-state index in [0.717, 1.165) is 40.9 Å². The lowest BCUT2D eigenvalue weighted by molar-refractivity contribution is -0.137.